The van der Waals surface area contributed by atoms with Crippen LogP contribution in [-0.2, 0) is 0 Å². The number of rotatable bonds is 7. The minimum Gasteiger partial charge on any atom is -0.493 e. The van der Waals surface area contributed by atoms with Crippen molar-refractivity contribution in [3.8, 4) is 5.75 Å². The summed E-state index contributed by atoms with van der Waals surface area (Å²) in [5, 5.41) is 5.78. The number of anilines is 2. The first-order valence-corrected chi connectivity index (χ1v) is 9.94. The summed E-state index contributed by atoms with van der Waals surface area (Å²) in [5.74, 6) is 0.576. The van der Waals surface area contributed by atoms with Crippen molar-refractivity contribution in [2.75, 3.05) is 17.2 Å². The molecule has 0 bridgehead atoms. The molecule has 3 aromatic carbocycles. The second-order valence-corrected chi connectivity index (χ2v) is 7.49. The molecule has 0 unspecified atom stereocenters. The molecule has 0 heterocycles. The number of carbonyl (C=O) groups excluding carboxylic acids is 2. The summed E-state index contributed by atoms with van der Waals surface area (Å²) < 4.78 is 5.71. The van der Waals surface area contributed by atoms with Gasteiger partial charge in [-0.2, -0.15) is 0 Å². The van der Waals surface area contributed by atoms with Crippen LogP contribution in [0, 0.1) is 12.8 Å². The van der Waals surface area contributed by atoms with E-state index in [1.165, 1.54) is 0 Å². The first-order valence-electron chi connectivity index (χ1n) is 9.94. The molecule has 2 amide bonds. The zero-order valence-corrected chi connectivity index (χ0v) is 17.4. The number of hydrogen-bond donors (Lipinski definition) is 2. The smallest absolute Gasteiger partial charge is 0.256 e. The summed E-state index contributed by atoms with van der Waals surface area (Å²) >= 11 is 0. The number of hydrogen-bond acceptors (Lipinski definition) is 3. The van der Waals surface area contributed by atoms with E-state index >= 15 is 0 Å². The summed E-state index contributed by atoms with van der Waals surface area (Å²) in [6.45, 7) is 6.54. The van der Waals surface area contributed by atoms with Gasteiger partial charge in [-0.25, -0.2) is 0 Å². The Hall–Kier alpha value is -3.60. The molecule has 0 spiro atoms. The van der Waals surface area contributed by atoms with Crippen molar-refractivity contribution in [2.45, 2.75) is 20.8 Å². The van der Waals surface area contributed by atoms with E-state index in [1.54, 1.807) is 36.4 Å². The van der Waals surface area contributed by atoms with Crippen LogP contribution >= 0.6 is 0 Å². The molecule has 0 radical (unpaired) electrons. The fraction of sp³-hybridized carbons (Fsp3) is 0.200. The maximum Gasteiger partial charge on any atom is 0.256 e. The fourth-order valence-corrected chi connectivity index (χ4v) is 2.92. The van der Waals surface area contributed by atoms with E-state index in [1.807, 2.05) is 43.3 Å². The van der Waals surface area contributed by atoms with Crippen molar-refractivity contribution < 1.29 is 14.3 Å². The molecule has 154 valence electrons. The van der Waals surface area contributed by atoms with Crippen molar-refractivity contribution in [3.63, 3.8) is 0 Å². The van der Waals surface area contributed by atoms with E-state index in [-0.39, 0.29) is 11.8 Å². The summed E-state index contributed by atoms with van der Waals surface area (Å²) in [4.78, 5) is 25.4. The molecule has 5 nitrogen and oxygen atoms in total. The summed E-state index contributed by atoms with van der Waals surface area (Å²) in [6, 6.07) is 21.6. The van der Waals surface area contributed by atoms with Gasteiger partial charge in [-0.15, -0.1) is 0 Å². The maximum atomic E-state index is 12.8. The van der Waals surface area contributed by atoms with Crippen LogP contribution in [0.4, 0.5) is 11.4 Å². The van der Waals surface area contributed by atoms with Gasteiger partial charge in [0.25, 0.3) is 11.8 Å². The molecule has 0 fully saturated rings. The highest BCUT2D eigenvalue weighted by Crippen LogP contribution is 2.22. The third-order valence-corrected chi connectivity index (χ3v) is 4.54. The van der Waals surface area contributed by atoms with Crippen LogP contribution in [0.25, 0.3) is 0 Å². The molecule has 0 saturated carbocycles. The van der Waals surface area contributed by atoms with Gasteiger partial charge in [-0.05, 0) is 60.9 Å². The van der Waals surface area contributed by atoms with Gasteiger partial charge in [0, 0.05) is 22.5 Å². The number of carbonyl (C=O) groups is 2. The van der Waals surface area contributed by atoms with Crippen LogP contribution in [0.15, 0.2) is 72.8 Å². The molecule has 0 aromatic heterocycles. The molecular weight excluding hydrogens is 376 g/mol. The highest BCUT2D eigenvalue weighted by molar-refractivity contribution is 6.08. The lowest BCUT2D eigenvalue weighted by Crippen LogP contribution is -2.17. The van der Waals surface area contributed by atoms with Crippen LogP contribution < -0.4 is 15.4 Å². The highest BCUT2D eigenvalue weighted by atomic mass is 16.5. The van der Waals surface area contributed by atoms with Gasteiger partial charge in [-0.3, -0.25) is 9.59 Å². The Morgan fingerprint density at radius 1 is 0.867 bits per heavy atom. The van der Waals surface area contributed by atoms with Crippen LogP contribution in [0.1, 0.15) is 40.1 Å². The van der Waals surface area contributed by atoms with E-state index in [9.17, 15) is 9.59 Å². The minimum atomic E-state index is -0.256. The molecule has 0 aliphatic heterocycles. The molecular formula is C25H26N2O3. The van der Waals surface area contributed by atoms with Gasteiger partial charge in [0.15, 0.2) is 0 Å². The second-order valence-electron chi connectivity index (χ2n) is 7.49. The first-order chi connectivity index (χ1) is 14.4. The van der Waals surface area contributed by atoms with Gasteiger partial charge in [-0.1, -0.05) is 44.2 Å². The quantitative estimate of drug-likeness (QED) is 0.546. The van der Waals surface area contributed by atoms with Gasteiger partial charge in [0.2, 0.25) is 0 Å². The van der Waals surface area contributed by atoms with E-state index in [4.69, 9.17) is 4.74 Å². The number of benzene rings is 3. The molecule has 0 aliphatic carbocycles. The van der Waals surface area contributed by atoms with Gasteiger partial charge < -0.3 is 15.4 Å². The first kappa shape index (κ1) is 21.1. The highest BCUT2D eigenvalue weighted by Gasteiger charge is 2.15. The summed E-state index contributed by atoms with van der Waals surface area (Å²) in [5.41, 5.74) is 3.01. The SMILES string of the molecule is Cc1c(NC(=O)c2cccc(OCC(C)C)c2)cccc1C(=O)Nc1ccccc1. The van der Waals surface area contributed by atoms with E-state index in [0.29, 0.717) is 40.7 Å². The van der Waals surface area contributed by atoms with Gasteiger partial charge in [0.05, 0.1) is 6.61 Å². The normalized spacial score (nSPS) is 10.5. The average molecular weight is 402 g/mol. The van der Waals surface area contributed by atoms with Gasteiger partial charge >= 0.3 is 0 Å². The molecule has 3 rings (SSSR count). The van der Waals surface area contributed by atoms with Crippen molar-refractivity contribution in [3.05, 3.63) is 89.5 Å². The molecule has 2 N–H and O–H groups in total. The average Bonchev–Trinajstić information content (AvgIpc) is 2.74. The summed E-state index contributed by atoms with van der Waals surface area (Å²) in [6.07, 6.45) is 0. The lowest BCUT2D eigenvalue weighted by molar-refractivity contribution is 0.101. The largest absolute Gasteiger partial charge is 0.493 e. The Labute approximate surface area is 177 Å². The standard InChI is InChI=1S/C25H26N2O3/c1-17(2)16-30-21-12-7-9-19(15-21)24(28)27-23-14-8-13-22(18(23)3)25(29)26-20-10-5-4-6-11-20/h4-15,17H,16H2,1-3H3,(H,26,29)(H,27,28). The molecule has 30 heavy (non-hydrogen) atoms. The molecule has 0 saturated heterocycles. The second kappa shape index (κ2) is 9.74. The minimum absolute atomic E-state index is 0.223. The number of nitrogens with one attached hydrogen (secondary N) is 2. The van der Waals surface area contributed by atoms with Crippen LogP contribution in [-0.4, -0.2) is 18.4 Å². The van der Waals surface area contributed by atoms with Crippen molar-refractivity contribution in [1.82, 2.24) is 0 Å². The fourth-order valence-electron chi connectivity index (χ4n) is 2.92. The molecule has 5 heteroatoms. The zero-order valence-electron chi connectivity index (χ0n) is 17.4. The predicted molar refractivity (Wildman–Crippen MR) is 120 cm³/mol. The lowest BCUT2D eigenvalue weighted by Gasteiger charge is -2.14. The molecule has 0 atom stereocenters. The Kier molecular flexibility index (Phi) is 6.86. The maximum absolute atomic E-state index is 12.8. The van der Waals surface area contributed by atoms with Crippen molar-refractivity contribution >= 4 is 23.2 Å². The third kappa shape index (κ3) is 5.47. The van der Waals surface area contributed by atoms with Crippen LogP contribution in [0.5, 0.6) is 5.75 Å². The van der Waals surface area contributed by atoms with Crippen LogP contribution in [0.2, 0.25) is 0 Å². The third-order valence-electron chi connectivity index (χ3n) is 4.54. The number of amides is 2. The Morgan fingerprint density at radius 3 is 2.33 bits per heavy atom. The molecule has 3 aromatic rings. The summed E-state index contributed by atoms with van der Waals surface area (Å²) in [7, 11) is 0. The Bertz CT molecular complexity index is 1030. The van der Waals surface area contributed by atoms with Crippen molar-refractivity contribution in [1.29, 1.82) is 0 Å². The zero-order chi connectivity index (χ0) is 21.5. The Morgan fingerprint density at radius 2 is 1.60 bits per heavy atom. The van der Waals surface area contributed by atoms with E-state index in [0.717, 1.165) is 5.69 Å². The monoisotopic (exact) mass is 402 g/mol. The predicted octanol–water partition coefficient (Wildman–Crippen LogP) is 5.53. The number of ether oxygens (including phenoxy) is 1. The van der Waals surface area contributed by atoms with Crippen LogP contribution in [0.3, 0.4) is 0 Å². The van der Waals surface area contributed by atoms with Crippen molar-refractivity contribution in [2.24, 2.45) is 5.92 Å². The number of para-hydroxylation sites is 1. The van der Waals surface area contributed by atoms with E-state index in [2.05, 4.69) is 24.5 Å². The topological polar surface area (TPSA) is 67.4 Å². The Balaban J connectivity index is 1.74. The lowest BCUT2D eigenvalue weighted by atomic mass is 10.1. The molecule has 0 aliphatic rings. The van der Waals surface area contributed by atoms with Gasteiger partial charge in [0.1, 0.15) is 5.75 Å². The van der Waals surface area contributed by atoms with E-state index < -0.39 is 0 Å².